The molecule has 0 saturated heterocycles. The van der Waals surface area contributed by atoms with E-state index in [9.17, 15) is 0 Å². The first-order valence-electron chi connectivity index (χ1n) is 29.7. The molecule has 8 aliphatic carbocycles. The predicted molar refractivity (Wildman–Crippen MR) is 331 cm³/mol. The van der Waals surface area contributed by atoms with E-state index in [1.165, 1.54) is 90.4 Å². The molecule has 79 heavy (non-hydrogen) atoms. The summed E-state index contributed by atoms with van der Waals surface area (Å²) in [6, 6.07) is 41.3. The minimum atomic E-state index is -0.0752. The molecular formula is C75H74N4. The van der Waals surface area contributed by atoms with Crippen LogP contribution in [0.1, 0.15) is 120 Å². The van der Waals surface area contributed by atoms with Crippen LogP contribution in [0.5, 0.6) is 0 Å². The summed E-state index contributed by atoms with van der Waals surface area (Å²) in [6.45, 7) is 10.1. The Balaban J connectivity index is 0.790. The molecule has 394 valence electrons. The number of para-hydroxylation sites is 3. The maximum atomic E-state index is 5.01. The number of nitrogens with zero attached hydrogens (tertiary/aromatic N) is 4. The van der Waals surface area contributed by atoms with Crippen LogP contribution < -0.4 is 14.7 Å². The summed E-state index contributed by atoms with van der Waals surface area (Å²) < 4.78 is 0. The standard InChI is InChI=1S/C75H74N4/c1-53-50-58(36-43-69(53)77(62-39-34-57(35-40-62)55-22-10-5-11-23-55)65-42-45-73-75(3,52-65)68-29-17-19-31-72(68)79(73)60-26-14-7-15-27-60)74(2)48-46-63(47-49-74)76(61-37-32-56(33-38-61)54-20-8-4-9-21-54)64-41-44-71-67(51-64)66-28-16-18-30-70(66)78(71)59-24-12-6-13-25-59/h4-10,12-16,18-20,22,24-28,30-39,41,43-44,46,52,54,62,67,73H,1,11,17,21,23,29,40,42,45,47-51H2,2-3H3. The number of anilines is 4. The van der Waals surface area contributed by atoms with Gasteiger partial charge in [-0.3, -0.25) is 0 Å². The molecule has 4 nitrogen and oxygen atoms in total. The fraction of sp³-hybridized carbons (Fsp3) is 0.280. The largest absolute Gasteiger partial charge is 0.338 e. The summed E-state index contributed by atoms with van der Waals surface area (Å²) in [5.74, 6) is 0.689. The van der Waals surface area contributed by atoms with Gasteiger partial charge in [0, 0.05) is 86.6 Å². The Morgan fingerprint density at radius 3 is 2.22 bits per heavy atom. The number of hydrogen-bond donors (Lipinski definition) is 0. The van der Waals surface area contributed by atoms with Crippen LogP contribution >= 0.6 is 0 Å². The van der Waals surface area contributed by atoms with Crippen molar-refractivity contribution in [2.24, 2.45) is 10.8 Å². The fourth-order valence-corrected chi connectivity index (χ4v) is 15.2. The lowest BCUT2D eigenvalue weighted by molar-refractivity contribution is 0.292. The van der Waals surface area contributed by atoms with Crippen molar-refractivity contribution in [3.63, 3.8) is 0 Å². The average molecular weight is 1030 g/mol. The Hall–Kier alpha value is -7.82. The Morgan fingerprint density at radius 1 is 0.658 bits per heavy atom. The zero-order valence-corrected chi connectivity index (χ0v) is 46.3. The lowest BCUT2D eigenvalue weighted by Crippen LogP contribution is -2.44. The van der Waals surface area contributed by atoms with Crippen LogP contribution in [0, 0.1) is 10.8 Å². The van der Waals surface area contributed by atoms with E-state index in [-0.39, 0.29) is 22.8 Å². The quantitative estimate of drug-likeness (QED) is 0.148. The van der Waals surface area contributed by atoms with Gasteiger partial charge in [0.25, 0.3) is 0 Å². The van der Waals surface area contributed by atoms with Gasteiger partial charge in [-0.15, -0.1) is 0 Å². The maximum absolute atomic E-state index is 5.01. The molecule has 2 aliphatic heterocycles. The Morgan fingerprint density at radius 2 is 1.47 bits per heavy atom. The van der Waals surface area contributed by atoms with E-state index in [0.29, 0.717) is 12.0 Å². The van der Waals surface area contributed by atoms with Gasteiger partial charge in [-0.2, -0.15) is 0 Å². The van der Waals surface area contributed by atoms with Crippen molar-refractivity contribution < 1.29 is 0 Å². The van der Waals surface area contributed by atoms with Gasteiger partial charge in [0.2, 0.25) is 0 Å². The van der Waals surface area contributed by atoms with Gasteiger partial charge in [0.15, 0.2) is 0 Å². The molecule has 0 amide bonds. The van der Waals surface area contributed by atoms with Crippen molar-refractivity contribution >= 4 is 22.7 Å². The van der Waals surface area contributed by atoms with Crippen LogP contribution in [-0.4, -0.2) is 17.0 Å². The van der Waals surface area contributed by atoms with E-state index >= 15 is 0 Å². The zero-order valence-electron chi connectivity index (χ0n) is 46.3. The van der Waals surface area contributed by atoms with E-state index in [0.717, 1.165) is 83.5 Å². The van der Waals surface area contributed by atoms with Crippen LogP contribution in [0.15, 0.2) is 287 Å². The Bertz CT molecular complexity index is 3560. The number of allylic oxidation sites excluding steroid dienone is 23. The van der Waals surface area contributed by atoms with Gasteiger partial charge in [-0.1, -0.05) is 178 Å². The second kappa shape index (κ2) is 20.4. The summed E-state index contributed by atoms with van der Waals surface area (Å²) >= 11 is 0. The molecule has 4 heteroatoms. The molecule has 14 rings (SSSR count). The molecule has 10 aliphatic rings. The third-order valence-electron chi connectivity index (χ3n) is 19.5. The van der Waals surface area contributed by atoms with Crippen molar-refractivity contribution in [3.8, 4) is 0 Å². The van der Waals surface area contributed by atoms with Crippen molar-refractivity contribution in [2.75, 3.05) is 14.7 Å². The smallest absolute Gasteiger partial charge is 0.0557 e. The summed E-state index contributed by atoms with van der Waals surface area (Å²) in [5, 5.41) is 0. The predicted octanol–water partition coefficient (Wildman–Crippen LogP) is 19.1. The van der Waals surface area contributed by atoms with Crippen LogP contribution in [0.2, 0.25) is 0 Å². The van der Waals surface area contributed by atoms with Gasteiger partial charge < -0.3 is 19.6 Å². The van der Waals surface area contributed by atoms with Gasteiger partial charge in [0.05, 0.1) is 6.04 Å². The van der Waals surface area contributed by atoms with Crippen LogP contribution in [0.4, 0.5) is 22.7 Å². The van der Waals surface area contributed by atoms with Gasteiger partial charge in [0.1, 0.15) is 0 Å². The molecule has 2 heterocycles. The van der Waals surface area contributed by atoms with Crippen molar-refractivity contribution in [2.45, 2.75) is 121 Å². The molecule has 0 spiro atoms. The van der Waals surface area contributed by atoms with Crippen molar-refractivity contribution in [1.29, 1.82) is 0 Å². The van der Waals surface area contributed by atoms with E-state index in [2.05, 4.69) is 252 Å². The molecule has 0 radical (unpaired) electrons. The molecule has 0 N–H and O–H groups in total. The maximum Gasteiger partial charge on any atom is 0.0557 e. The SMILES string of the molecule is C=C1CC(C2(C)CC=C(N(C3=CC=C4C(C3)c3ccccc3N4c3ccccc3)c3ccc(C4C=CC=CC4)cc3)CC2)=CC=C1N(C1=CC2(C)C3=C(C=CCC3)N(c3ccccc3)C2CC1)C1C=CC(C2=CC=CCC2)=CC1. The van der Waals surface area contributed by atoms with Crippen molar-refractivity contribution in [1.82, 2.24) is 4.90 Å². The topological polar surface area (TPSA) is 13.0 Å². The second-order valence-corrected chi connectivity index (χ2v) is 24.1. The highest BCUT2D eigenvalue weighted by Gasteiger charge is 2.51. The minimum Gasteiger partial charge on any atom is -0.338 e. The molecular weight excluding hydrogens is 957 g/mol. The van der Waals surface area contributed by atoms with E-state index < -0.39 is 0 Å². The number of benzene rings is 4. The van der Waals surface area contributed by atoms with Crippen LogP contribution in [0.3, 0.4) is 0 Å². The molecule has 0 fully saturated rings. The van der Waals surface area contributed by atoms with Crippen LogP contribution in [-0.2, 0) is 0 Å². The third-order valence-corrected chi connectivity index (χ3v) is 19.5. The normalized spacial score (nSPS) is 27.6. The first kappa shape index (κ1) is 49.5. The molecule has 0 bridgehead atoms. The van der Waals surface area contributed by atoms with Crippen LogP contribution in [0.25, 0.3) is 0 Å². The Kier molecular flexibility index (Phi) is 12.8. The molecule has 4 aromatic rings. The third kappa shape index (κ3) is 8.83. The summed E-state index contributed by atoms with van der Waals surface area (Å²) in [7, 11) is 0. The molecule has 6 unspecified atom stereocenters. The Labute approximate surface area is 470 Å². The first-order valence-corrected chi connectivity index (χ1v) is 29.7. The summed E-state index contributed by atoms with van der Waals surface area (Å²) in [4.78, 5) is 10.5. The van der Waals surface area contributed by atoms with E-state index in [1.54, 1.807) is 5.57 Å². The van der Waals surface area contributed by atoms with Gasteiger partial charge in [-0.25, -0.2) is 0 Å². The number of rotatable bonds is 11. The van der Waals surface area contributed by atoms with Crippen molar-refractivity contribution in [3.05, 3.63) is 298 Å². The summed E-state index contributed by atoms with van der Waals surface area (Å²) in [6.07, 6.45) is 56.8. The number of hydrogen-bond acceptors (Lipinski definition) is 4. The summed E-state index contributed by atoms with van der Waals surface area (Å²) in [5.41, 5.74) is 23.3. The van der Waals surface area contributed by atoms with E-state index in [4.69, 9.17) is 6.58 Å². The highest BCUT2D eigenvalue weighted by molar-refractivity contribution is 5.80. The highest BCUT2D eigenvalue weighted by Crippen LogP contribution is 2.57. The first-order chi connectivity index (χ1) is 38.8. The lowest BCUT2D eigenvalue weighted by atomic mass is 9.68. The second-order valence-electron chi connectivity index (χ2n) is 24.1. The fourth-order valence-electron chi connectivity index (χ4n) is 15.2. The van der Waals surface area contributed by atoms with E-state index in [1.807, 2.05) is 0 Å². The monoisotopic (exact) mass is 1030 g/mol. The minimum absolute atomic E-state index is 0.0156. The molecule has 6 atom stereocenters. The highest BCUT2D eigenvalue weighted by atomic mass is 15.2. The molecule has 0 aromatic heterocycles. The molecule has 0 saturated carbocycles. The number of fused-ring (bicyclic) bond motifs is 5. The average Bonchev–Trinajstić information content (AvgIpc) is 3.72. The lowest BCUT2D eigenvalue weighted by Gasteiger charge is -2.46. The molecule has 4 aromatic carbocycles. The zero-order chi connectivity index (χ0) is 53.1. The van der Waals surface area contributed by atoms with Gasteiger partial charge >= 0.3 is 0 Å². The van der Waals surface area contributed by atoms with Gasteiger partial charge in [-0.05, 0) is 183 Å².